The second-order valence-corrected chi connectivity index (χ2v) is 6.97. The number of aromatic nitrogens is 2. The minimum atomic E-state index is 0.0474. The van der Waals surface area contributed by atoms with Gasteiger partial charge in [0, 0.05) is 4.47 Å². The Kier molecular flexibility index (Phi) is 5.42. The fraction of sp³-hybridized carbons (Fsp3) is 0.0909. The van der Waals surface area contributed by atoms with Crippen molar-refractivity contribution in [2.24, 2.45) is 0 Å². The molecule has 4 aromatic rings. The molecule has 0 aliphatic carbocycles. The summed E-state index contributed by atoms with van der Waals surface area (Å²) in [5.74, 6) is 1.06. The topological polar surface area (TPSA) is 51.0 Å². The zero-order chi connectivity index (χ0) is 18.5. The monoisotopic (exact) mass is 419 g/mol. The summed E-state index contributed by atoms with van der Waals surface area (Å²) in [5, 5.41) is 11.9. The van der Waals surface area contributed by atoms with Crippen LogP contribution in [0.5, 0.6) is 0 Å². The van der Waals surface area contributed by atoms with Gasteiger partial charge in [0.05, 0.1) is 18.2 Å². The second kappa shape index (κ2) is 8.29. The third-order valence-corrected chi connectivity index (χ3v) is 4.99. The van der Waals surface area contributed by atoms with Gasteiger partial charge in [-0.25, -0.2) is 0 Å². The maximum Gasteiger partial charge on any atom is 0.248 e. The maximum atomic E-state index is 5.86. The summed E-state index contributed by atoms with van der Waals surface area (Å²) >= 11 is 3.52. The van der Waals surface area contributed by atoms with Crippen LogP contribution in [-0.2, 0) is 6.54 Å². The molecule has 0 radical (unpaired) electrons. The fourth-order valence-corrected chi connectivity index (χ4v) is 3.43. The molecular formula is C22H18BrN3O. The smallest absolute Gasteiger partial charge is 0.248 e. The van der Waals surface area contributed by atoms with Crippen molar-refractivity contribution in [2.45, 2.75) is 12.6 Å². The standard InChI is InChI=1S/C22H18BrN3O/c23-19-14-8-7-13-18(19)22-26-25-20(27-22)15-24-21(16-9-3-1-4-10-16)17-11-5-2-6-12-17/h1-14,21,24H,15H2. The normalized spacial score (nSPS) is 11.0. The van der Waals surface area contributed by atoms with Crippen molar-refractivity contribution < 1.29 is 4.42 Å². The summed E-state index contributed by atoms with van der Waals surface area (Å²) in [5.41, 5.74) is 3.27. The van der Waals surface area contributed by atoms with Crippen LogP contribution >= 0.6 is 15.9 Å². The Morgan fingerprint density at radius 2 is 1.37 bits per heavy atom. The Bertz CT molecular complexity index is 963. The number of benzene rings is 3. The van der Waals surface area contributed by atoms with Crippen molar-refractivity contribution in [3.05, 3.63) is 106 Å². The lowest BCUT2D eigenvalue weighted by Gasteiger charge is -2.19. The summed E-state index contributed by atoms with van der Waals surface area (Å²) in [6, 6.07) is 28.5. The summed E-state index contributed by atoms with van der Waals surface area (Å²) in [4.78, 5) is 0. The highest BCUT2D eigenvalue weighted by atomic mass is 79.9. The molecule has 0 saturated carbocycles. The molecular weight excluding hydrogens is 402 g/mol. The Morgan fingerprint density at radius 1 is 0.778 bits per heavy atom. The van der Waals surface area contributed by atoms with Gasteiger partial charge in [-0.2, -0.15) is 0 Å². The number of nitrogens with zero attached hydrogens (tertiary/aromatic N) is 2. The predicted molar refractivity (Wildman–Crippen MR) is 109 cm³/mol. The van der Waals surface area contributed by atoms with Crippen LogP contribution in [-0.4, -0.2) is 10.2 Å². The Labute approximate surface area is 166 Å². The predicted octanol–water partition coefficient (Wildman–Crippen LogP) is 5.38. The van der Waals surface area contributed by atoms with Crippen LogP contribution in [0.1, 0.15) is 23.1 Å². The van der Waals surface area contributed by atoms with Crippen LogP contribution in [0.2, 0.25) is 0 Å². The largest absolute Gasteiger partial charge is 0.419 e. The van der Waals surface area contributed by atoms with Crippen LogP contribution in [0.4, 0.5) is 0 Å². The molecule has 1 N–H and O–H groups in total. The molecule has 1 heterocycles. The van der Waals surface area contributed by atoms with Crippen molar-refractivity contribution >= 4 is 15.9 Å². The second-order valence-electron chi connectivity index (χ2n) is 6.12. The van der Waals surface area contributed by atoms with Gasteiger partial charge in [-0.15, -0.1) is 10.2 Å². The lowest BCUT2D eigenvalue weighted by Crippen LogP contribution is -2.22. The number of hydrogen-bond donors (Lipinski definition) is 1. The lowest BCUT2D eigenvalue weighted by molar-refractivity contribution is 0.462. The molecule has 1 aromatic heterocycles. The highest BCUT2D eigenvalue weighted by Gasteiger charge is 2.16. The van der Waals surface area contributed by atoms with Gasteiger partial charge < -0.3 is 4.42 Å². The Hall–Kier alpha value is -2.76. The van der Waals surface area contributed by atoms with E-state index in [9.17, 15) is 0 Å². The first-order chi connectivity index (χ1) is 13.3. The van der Waals surface area contributed by atoms with Crippen LogP contribution in [0.15, 0.2) is 93.8 Å². The van der Waals surface area contributed by atoms with E-state index in [0.717, 1.165) is 10.0 Å². The first-order valence-electron chi connectivity index (χ1n) is 8.72. The van der Waals surface area contributed by atoms with E-state index in [1.54, 1.807) is 0 Å². The molecule has 4 nitrogen and oxygen atoms in total. The number of halogens is 1. The molecule has 5 heteroatoms. The van der Waals surface area contributed by atoms with Crippen LogP contribution in [0.3, 0.4) is 0 Å². The molecule has 0 unspecified atom stereocenters. The number of rotatable bonds is 6. The Morgan fingerprint density at radius 3 is 2.00 bits per heavy atom. The van der Waals surface area contributed by atoms with Gasteiger partial charge in [-0.05, 0) is 39.2 Å². The Balaban J connectivity index is 1.55. The average molecular weight is 420 g/mol. The zero-order valence-corrected chi connectivity index (χ0v) is 16.1. The molecule has 0 aliphatic rings. The first kappa shape index (κ1) is 17.6. The van der Waals surface area contributed by atoms with Gasteiger partial charge in [-0.3, -0.25) is 5.32 Å². The average Bonchev–Trinajstić information content (AvgIpc) is 3.19. The van der Waals surface area contributed by atoms with E-state index in [1.165, 1.54) is 11.1 Å². The molecule has 27 heavy (non-hydrogen) atoms. The van der Waals surface area contributed by atoms with Gasteiger partial charge in [0.1, 0.15) is 0 Å². The van der Waals surface area contributed by atoms with Gasteiger partial charge in [0.15, 0.2) is 0 Å². The first-order valence-corrected chi connectivity index (χ1v) is 9.51. The SMILES string of the molecule is Brc1ccccc1-c1nnc(CNC(c2ccccc2)c2ccccc2)o1. The van der Waals surface area contributed by atoms with Crippen molar-refractivity contribution in [3.8, 4) is 11.5 Å². The molecule has 3 aromatic carbocycles. The fourth-order valence-electron chi connectivity index (χ4n) is 2.98. The minimum absolute atomic E-state index is 0.0474. The van der Waals surface area contributed by atoms with Crippen molar-refractivity contribution in [3.63, 3.8) is 0 Å². The van der Waals surface area contributed by atoms with Crippen LogP contribution < -0.4 is 5.32 Å². The lowest BCUT2D eigenvalue weighted by atomic mass is 9.99. The maximum absolute atomic E-state index is 5.86. The molecule has 0 saturated heterocycles. The quantitative estimate of drug-likeness (QED) is 0.455. The molecule has 134 valence electrons. The van der Waals surface area contributed by atoms with Gasteiger partial charge >= 0.3 is 0 Å². The molecule has 4 rings (SSSR count). The summed E-state index contributed by atoms with van der Waals surface area (Å²) in [7, 11) is 0. The zero-order valence-electron chi connectivity index (χ0n) is 14.5. The van der Waals surface area contributed by atoms with E-state index in [1.807, 2.05) is 60.7 Å². The van der Waals surface area contributed by atoms with E-state index >= 15 is 0 Å². The molecule has 0 atom stereocenters. The van der Waals surface area contributed by atoms with Crippen LogP contribution in [0.25, 0.3) is 11.5 Å². The molecule has 0 aliphatic heterocycles. The van der Waals surface area contributed by atoms with E-state index in [2.05, 4.69) is 55.7 Å². The molecule has 0 spiro atoms. The van der Waals surface area contributed by atoms with Gasteiger partial charge in [0.2, 0.25) is 11.8 Å². The number of nitrogens with one attached hydrogen (secondary N) is 1. The molecule has 0 fully saturated rings. The van der Waals surface area contributed by atoms with E-state index in [0.29, 0.717) is 18.3 Å². The van der Waals surface area contributed by atoms with Crippen molar-refractivity contribution in [1.82, 2.24) is 15.5 Å². The van der Waals surface area contributed by atoms with E-state index in [-0.39, 0.29) is 6.04 Å². The van der Waals surface area contributed by atoms with Crippen molar-refractivity contribution in [2.75, 3.05) is 0 Å². The van der Waals surface area contributed by atoms with E-state index < -0.39 is 0 Å². The number of hydrogen-bond acceptors (Lipinski definition) is 4. The minimum Gasteiger partial charge on any atom is -0.419 e. The highest BCUT2D eigenvalue weighted by molar-refractivity contribution is 9.10. The molecule has 0 amide bonds. The van der Waals surface area contributed by atoms with Crippen molar-refractivity contribution in [1.29, 1.82) is 0 Å². The van der Waals surface area contributed by atoms with Gasteiger partial charge in [-0.1, -0.05) is 72.8 Å². The van der Waals surface area contributed by atoms with Crippen LogP contribution in [0, 0.1) is 0 Å². The van der Waals surface area contributed by atoms with E-state index in [4.69, 9.17) is 4.42 Å². The highest BCUT2D eigenvalue weighted by Crippen LogP contribution is 2.27. The van der Waals surface area contributed by atoms with Gasteiger partial charge in [0.25, 0.3) is 0 Å². The third kappa shape index (κ3) is 4.15. The molecule has 0 bridgehead atoms. The summed E-state index contributed by atoms with van der Waals surface area (Å²) in [6.45, 7) is 0.478. The third-order valence-electron chi connectivity index (χ3n) is 4.29. The summed E-state index contributed by atoms with van der Waals surface area (Å²) < 4.78 is 6.79. The summed E-state index contributed by atoms with van der Waals surface area (Å²) in [6.07, 6.45) is 0.